The predicted octanol–water partition coefficient (Wildman–Crippen LogP) is 3.63. The first-order valence-corrected chi connectivity index (χ1v) is 6.63. The lowest BCUT2D eigenvalue weighted by Gasteiger charge is -2.18. The number of hydrogen-bond donors (Lipinski definition) is 1. The highest BCUT2D eigenvalue weighted by atomic mass is 79.9. The molecule has 2 rings (SSSR count). The van der Waals surface area contributed by atoms with Gasteiger partial charge >= 0.3 is 0 Å². The van der Waals surface area contributed by atoms with E-state index in [9.17, 15) is 8.78 Å². The van der Waals surface area contributed by atoms with Crippen LogP contribution in [0.4, 0.5) is 8.78 Å². The molecule has 1 aromatic carbocycles. The first-order valence-electron chi connectivity index (χ1n) is 5.84. The molecule has 2 aromatic rings. The molecular formula is C14H13BrF2N2. The van der Waals surface area contributed by atoms with E-state index in [1.54, 1.807) is 19.3 Å². The van der Waals surface area contributed by atoms with Gasteiger partial charge in [-0.3, -0.25) is 4.98 Å². The highest BCUT2D eigenvalue weighted by molar-refractivity contribution is 9.10. The zero-order valence-corrected chi connectivity index (χ0v) is 11.9. The maximum atomic E-state index is 13.6. The van der Waals surface area contributed by atoms with Gasteiger partial charge in [0.05, 0.1) is 4.47 Å². The fourth-order valence-corrected chi connectivity index (χ4v) is 2.50. The molecule has 5 heteroatoms. The Labute approximate surface area is 119 Å². The van der Waals surface area contributed by atoms with E-state index in [1.165, 1.54) is 0 Å². The van der Waals surface area contributed by atoms with Gasteiger partial charge in [-0.05, 0) is 46.7 Å². The summed E-state index contributed by atoms with van der Waals surface area (Å²) in [6, 6.07) is 8.21. The maximum Gasteiger partial charge on any atom is 0.173 e. The molecule has 100 valence electrons. The van der Waals surface area contributed by atoms with Gasteiger partial charge in [-0.2, -0.15) is 0 Å². The number of hydrogen-bond acceptors (Lipinski definition) is 2. The standard InChI is InChI=1S/C14H13BrF2N2/c1-18-12(8-9-4-2-3-7-19-9)10-5-6-11(16)14(17)13(10)15/h2-7,12,18H,8H2,1H3. The van der Waals surface area contributed by atoms with Gasteiger partial charge in [-0.1, -0.05) is 12.1 Å². The lowest BCUT2D eigenvalue weighted by Crippen LogP contribution is -2.20. The van der Waals surface area contributed by atoms with E-state index in [0.717, 1.165) is 11.8 Å². The van der Waals surface area contributed by atoms with Crippen LogP contribution in [-0.2, 0) is 6.42 Å². The van der Waals surface area contributed by atoms with E-state index in [4.69, 9.17) is 0 Å². The summed E-state index contributed by atoms with van der Waals surface area (Å²) in [6.45, 7) is 0. The topological polar surface area (TPSA) is 24.9 Å². The average Bonchev–Trinajstić information content (AvgIpc) is 2.44. The van der Waals surface area contributed by atoms with Crippen molar-refractivity contribution in [3.05, 3.63) is 63.9 Å². The molecule has 0 radical (unpaired) electrons. The van der Waals surface area contributed by atoms with E-state index in [-0.39, 0.29) is 10.5 Å². The Balaban J connectivity index is 2.30. The molecule has 0 saturated carbocycles. The van der Waals surface area contributed by atoms with E-state index in [1.807, 2.05) is 18.2 Å². The Morgan fingerprint density at radius 3 is 2.68 bits per heavy atom. The second-order valence-electron chi connectivity index (χ2n) is 4.13. The van der Waals surface area contributed by atoms with Crippen LogP contribution in [-0.4, -0.2) is 12.0 Å². The van der Waals surface area contributed by atoms with Crippen LogP contribution < -0.4 is 5.32 Å². The summed E-state index contributed by atoms with van der Waals surface area (Å²) < 4.78 is 26.8. The minimum Gasteiger partial charge on any atom is -0.313 e. The molecule has 0 bridgehead atoms. The molecule has 1 atom stereocenters. The average molecular weight is 327 g/mol. The Bertz CT molecular complexity index is 561. The monoisotopic (exact) mass is 326 g/mol. The molecule has 2 nitrogen and oxygen atoms in total. The molecule has 19 heavy (non-hydrogen) atoms. The van der Waals surface area contributed by atoms with Crippen LogP contribution >= 0.6 is 15.9 Å². The lowest BCUT2D eigenvalue weighted by atomic mass is 10.0. The van der Waals surface area contributed by atoms with Gasteiger partial charge in [0.15, 0.2) is 11.6 Å². The first kappa shape index (κ1) is 14.1. The van der Waals surface area contributed by atoms with E-state index >= 15 is 0 Å². The molecule has 0 aliphatic carbocycles. The van der Waals surface area contributed by atoms with Crippen molar-refractivity contribution in [3.8, 4) is 0 Å². The number of halogens is 3. The zero-order chi connectivity index (χ0) is 13.8. The molecule has 1 aromatic heterocycles. The Kier molecular flexibility index (Phi) is 4.61. The molecule has 0 aliphatic heterocycles. The van der Waals surface area contributed by atoms with Crippen LogP contribution in [0.5, 0.6) is 0 Å². The van der Waals surface area contributed by atoms with Crippen molar-refractivity contribution in [1.29, 1.82) is 0 Å². The summed E-state index contributed by atoms with van der Waals surface area (Å²) in [4.78, 5) is 4.24. The SMILES string of the molecule is CNC(Cc1ccccn1)c1ccc(F)c(F)c1Br. The lowest BCUT2D eigenvalue weighted by molar-refractivity contribution is 0.495. The third-order valence-electron chi connectivity index (χ3n) is 2.93. The predicted molar refractivity (Wildman–Crippen MR) is 73.8 cm³/mol. The smallest absolute Gasteiger partial charge is 0.173 e. The Morgan fingerprint density at radius 2 is 2.05 bits per heavy atom. The summed E-state index contributed by atoms with van der Waals surface area (Å²) in [6.07, 6.45) is 2.31. The number of likely N-dealkylation sites (N-methyl/N-ethyl adjacent to an activating group) is 1. The Morgan fingerprint density at radius 1 is 1.26 bits per heavy atom. The van der Waals surface area contributed by atoms with Crippen molar-refractivity contribution in [2.24, 2.45) is 0 Å². The minimum atomic E-state index is -0.862. The fourth-order valence-electron chi connectivity index (χ4n) is 1.91. The largest absolute Gasteiger partial charge is 0.313 e. The van der Waals surface area contributed by atoms with Crippen LogP contribution in [0.1, 0.15) is 17.3 Å². The highest BCUT2D eigenvalue weighted by Crippen LogP contribution is 2.29. The molecule has 1 unspecified atom stereocenters. The molecule has 0 aliphatic rings. The van der Waals surface area contributed by atoms with Crippen molar-refractivity contribution < 1.29 is 8.78 Å². The summed E-state index contributed by atoms with van der Waals surface area (Å²) in [5.74, 6) is -1.72. The number of aromatic nitrogens is 1. The molecule has 0 saturated heterocycles. The molecule has 0 amide bonds. The van der Waals surface area contributed by atoms with Crippen molar-refractivity contribution >= 4 is 15.9 Å². The Hall–Kier alpha value is -1.33. The van der Waals surface area contributed by atoms with Crippen molar-refractivity contribution in [1.82, 2.24) is 10.3 Å². The molecule has 1 heterocycles. The third kappa shape index (κ3) is 3.16. The summed E-state index contributed by atoms with van der Waals surface area (Å²) in [5, 5.41) is 3.10. The summed E-state index contributed by atoms with van der Waals surface area (Å²) in [5.41, 5.74) is 1.56. The van der Waals surface area contributed by atoms with Gasteiger partial charge in [0.2, 0.25) is 0 Å². The number of benzene rings is 1. The van der Waals surface area contributed by atoms with Crippen molar-refractivity contribution in [2.75, 3.05) is 7.05 Å². The van der Waals surface area contributed by atoms with Crippen LogP contribution in [0, 0.1) is 11.6 Å². The minimum absolute atomic E-state index is 0.139. The van der Waals surface area contributed by atoms with E-state index in [0.29, 0.717) is 12.0 Å². The second kappa shape index (κ2) is 6.21. The molecule has 0 fully saturated rings. The molecule has 1 N–H and O–H groups in total. The van der Waals surface area contributed by atoms with Gasteiger partial charge in [0.1, 0.15) is 0 Å². The van der Waals surface area contributed by atoms with Gasteiger partial charge in [-0.15, -0.1) is 0 Å². The first-order chi connectivity index (χ1) is 9.13. The number of pyridine rings is 1. The van der Waals surface area contributed by atoms with E-state index < -0.39 is 11.6 Å². The van der Waals surface area contributed by atoms with Gasteiger partial charge < -0.3 is 5.32 Å². The summed E-state index contributed by atoms with van der Waals surface area (Å²) in [7, 11) is 1.78. The van der Waals surface area contributed by atoms with Crippen LogP contribution in [0.2, 0.25) is 0 Å². The highest BCUT2D eigenvalue weighted by Gasteiger charge is 2.18. The zero-order valence-electron chi connectivity index (χ0n) is 10.3. The third-order valence-corrected chi connectivity index (χ3v) is 3.73. The number of nitrogens with one attached hydrogen (secondary N) is 1. The van der Waals surface area contributed by atoms with Crippen molar-refractivity contribution in [2.45, 2.75) is 12.5 Å². The molecular weight excluding hydrogens is 314 g/mol. The second-order valence-corrected chi connectivity index (χ2v) is 4.92. The number of rotatable bonds is 4. The molecule has 0 spiro atoms. The van der Waals surface area contributed by atoms with E-state index in [2.05, 4.69) is 26.2 Å². The van der Waals surface area contributed by atoms with Gasteiger partial charge in [0.25, 0.3) is 0 Å². The van der Waals surface area contributed by atoms with Gasteiger partial charge in [-0.25, -0.2) is 8.78 Å². The maximum absolute atomic E-state index is 13.6. The van der Waals surface area contributed by atoms with Crippen LogP contribution in [0.3, 0.4) is 0 Å². The normalized spacial score (nSPS) is 12.4. The summed E-state index contributed by atoms with van der Waals surface area (Å²) >= 11 is 3.11. The number of nitrogens with zero attached hydrogens (tertiary/aromatic N) is 1. The van der Waals surface area contributed by atoms with Crippen LogP contribution in [0.25, 0.3) is 0 Å². The van der Waals surface area contributed by atoms with Crippen LogP contribution in [0.15, 0.2) is 41.0 Å². The van der Waals surface area contributed by atoms with Crippen molar-refractivity contribution in [3.63, 3.8) is 0 Å². The van der Waals surface area contributed by atoms with Gasteiger partial charge in [0, 0.05) is 24.4 Å². The quantitative estimate of drug-likeness (QED) is 0.868. The fraction of sp³-hybridized carbons (Fsp3) is 0.214.